The molecule has 5 nitrogen and oxygen atoms in total. The zero-order chi connectivity index (χ0) is 18.2. The van der Waals surface area contributed by atoms with E-state index in [1.54, 1.807) is 7.11 Å². The molecule has 0 radical (unpaired) electrons. The highest BCUT2D eigenvalue weighted by Crippen LogP contribution is 2.30. The largest absolute Gasteiger partial charge is 0.493 e. The van der Waals surface area contributed by atoms with Gasteiger partial charge in [-0.1, -0.05) is 31.7 Å². The van der Waals surface area contributed by atoms with Crippen LogP contribution in [0.2, 0.25) is 0 Å². The van der Waals surface area contributed by atoms with Gasteiger partial charge in [0.15, 0.2) is 11.5 Å². The number of carbonyl (C=O) groups excluding carboxylic acids is 1. The van der Waals surface area contributed by atoms with E-state index in [1.807, 2.05) is 18.2 Å². The van der Waals surface area contributed by atoms with Crippen molar-refractivity contribution >= 4 is 5.91 Å². The van der Waals surface area contributed by atoms with Crippen LogP contribution in [0.4, 0.5) is 0 Å². The monoisotopic (exact) mass is 361 g/mol. The Morgan fingerprint density at radius 1 is 1.19 bits per heavy atom. The molecule has 2 fully saturated rings. The molecule has 1 aromatic rings. The topological polar surface area (TPSA) is 56.8 Å². The Morgan fingerprint density at radius 2 is 2.04 bits per heavy atom. The molecule has 0 bridgehead atoms. The van der Waals surface area contributed by atoms with Crippen molar-refractivity contribution in [3.05, 3.63) is 23.8 Å². The van der Waals surface area contributed by atoms with Gasteiger partial charge >= 0.3 is 0 Å². The first-order valence-corrected chi connectivity index (χ1v) is 9.92. The van der Waals surface area contributed by atoms with Gasteiger partial charge in [0.05, 0.1) is 13.2 Å². The number of hydrogen-bond donors (Lipinski definition) is 1. The fourth-order valence-corrected chi connectivity index (χ4v) is 3.82. The molecule has 1 atom stereocenters. The van der Waals surface area contributed by atoms with Gasteiger partial charge in [-0.05, 0) is 42.9 Å². The molecule has 144 valence electrons. The first-order chi connectivity index (χ1) is 12.7. The van der Waals surface area contributed by atoms with E-state index >= 15 is 0 Å². The van der Waals surface area contributed by atoms with Crippen LogP contribution in [0.15, 0.2) is 18.2 Å². The Kier molecular flexibility index (Phi) is 7.18. The van der Waals surface area contributed by atoms with E-state index in [4.69, 9.17) is 14.2 Å². The van der Waals surface area contributed by atoms with E-state index < -0.39 is 0 Å². The minimum atomic E-state index is 0.134. The average molecular weight is 361 g/mol. The van der Waals surface area contributed by atoms with Gasteiger partial charge in [-0.2, -0.15) is 0 Å². The second kappa shape index (κ2) is 9.81. The van der Waals surface area contributed by atoms with Gasteiger partial charge in [0.1, 0.15) is 6.61 Å². The molecule has 1 saturated carbocycles. The van der Waals surface area contributed by atoms with Crippen LogP contribution in [0.3, 0.4) is 0 Å². The van der Waals surface area contributed by atoms with Gasteiger partial charge in [-0.15, -0.1) is 0 Å². The minimum absolute atomic E-state index is 0.134. The lowest BCUT2D eigenvalue weighted by atomic mass is 10.0. The lowest BCUT2D eigenvalue weighted by molar-refractivity contribution is -0.121. The Bertz CT molecular complexity index is 577. The molecule has 1 heterocycles. The van der Waals surface area contributed by atoms with Gasteiger partial charge in [-0.3, -0.25) is 4.79 Å². The normalized spacial score (nSPS) is 20.3. The standard InChI is InChI=1S/C21H31NO4/c1-24-20-13-17(8-10-19(20)26-15-18-7-4-12-25-18)14-22-21(23)11-9-16-5-2-3-6-16/h8,10,13,16,18H,2-7,9,11-12,14-15H2,1H3,(H,22,23)/t18-/m1/s1. The van der Waals surface area contributed by atoms with Crippen molar-refractivity contribution in [1.29, 1.82) is 0 Å². The Labute approximate surface area is 156 Å². The molecular formula is C21H31NO4. The van der Waals surface area contributed by atoms with Crippen LogP contribution >= 0.6 is 0 Å². The fraction of sp³-hybridized carbons (Fsp3) is 0.667. The summed E-state index contributed by atoms with van der Waals surface area (Å²) in [6.45, 7) is 1.89. The summed E-state index contributed by atoms with van der Waals surface area (Å²) in [5.74, 6) is 2.30. The number of ether oxygens (including phenoxy) is 3. The highest BCUT2D eigenvalue weighted by molar-refractivity contribution is 5.75. The van der Waals surface area contributed by atoms with Crippen molar-refractivity contribution in [3.8, 4) is 11.5 Å². The number of amides is 1. The molecule has 1 saturated heterocycles. The maximum atomic E-state index is 12.1. The highest BCUT2D eigenvalue weighted by atomic mass is 16.5. The van der Waals surface area contributed by atoms with Crippen molar-refractivity contribution < 1.29 is 19.0 Å². The third-order valence-electron chi connectivity index (χ3n) is 5.42. The van der Waals surface area contributed by atoms with E-state index in [-0.39, 0.29) is 12.0 Å². The summed E-state index contributed by atoms with van der Waals surface area (Å²) in [7, 11) is 1.64. The summed E-state index contributed by atoms with van der Waals surface area (Å²) in [5, 5.41) is 3.02. The molecule has 26 heavy (non-hydrogen) atoms. The second-order valence-corrected chi connectivity index (χ2v) is 7.40. The molecule has 2 aliphatic rings. The highest BCUT2D eigenvalue weighted by Gasteiger charge is 2.18. The van der Waals surface area contributed by atoms with Crippen LogP contribution in [0, 0.1) is 5.92 Å². The first kappa shape index (κ1) is 19.0. The summed E-state index contributed by atoms with van der Waals surface area (Å²) in [4.78, 5) is 12.1. The molecule has 1 N–H and O–H groups in total. The van der Waals surface area contributed by atoms with Gasteiger partial charge in [0.25, 0.3) is 0 Å². The molecule has 0 aromatic heterocycles. The molecular weight excluding hydrogens is 330 g/mol. The number of benzene rings is 1. The molecule has 0 spiro atoms. The second-order valence-electron chi connectivity index (χ2n) is 7.40. The van der Waals surface area contributed by atoms with Crippen LogP contribution in [0.5, 0.6) is 11.5 Å². The Morgan fingerprint density at radius 3 is 2.77 bits per heavy atom. The fourth-order valence-electron chi connectivity index (χ4n) is 3.82. The molecule has 1 aliphatic carbocycles. The Balaban J connectivity index is 1.44. The number of carbonyl (C=O) groups is 1. The van der Waals surface area contributed by atoms with Crippen LogP contribution in [-0.2, 0) is 16.1 Å². The molecule has 0 unspecified atom stereocenters. The predicted molar refractivity (Wildman–Crippen MR) is 101 cm³/mol. The van der Waals surface area contributed by atoms with Gasteiger partial charge < -0.3 is 19.5 Å². The number of methoxy groups -OCH3 is 1. The van der Waals surface area contributed by atoms with E-state index in [0.717, 1.165) is 43.1 Å². The molecule has 1 aliphatic heterocycles. The van der Waals surface area contributed by atoms with Crippen molar-refractivity contribution in [2.75, 3.05) is 20.3 Å². The summed E-state index contributed by atoms with van der Waals surface area (Å²) < 4.78 is 16.9. The van der Waals surface area contributed by atoms with Crippen molar-refractivity contribution in [3.63, 3.8) is 0 Å². The van der Waals surface area contributed by atoms with Crippen molar-refractivity contribution in [2.45, 2.75) is 64.0 Å². The van der Waals surface area contributed by atoms with Gasteiger partial charge in [0.2, 0.25) is 5.91 Å². The lowest BCUT2D eigenvalue weighted by Crippen LogP contribution is -2.23. The lowest BCUT2D eigenvalue weighted by Gasteiger charge is -2.15. The molecule has 1 aromatic carbocycles. The van der Waals surface area contributed by atoms with Gasteiger partial charge in [-0.25, -0.2) is 0 Å². The quantitative estimate of drug-likeness (QED) is 0.726. The van der Waals surface area contributed by atoms with E-state index in [9.17, 15) is 4.79 Å². The Hall–Kier alpha value is -1.75. The van der Waals surface area contributed by atoms with Crippen LogP contribution in [-0.4, -0.2) is 32.3 Å². The number of hydrogen-bond acceptors (Lipinski definition) is 4. The first-order valence-electron chi connectivity index (χ1n) is 9.92. The zero-order valence-corrected chi connectivity index (χ0v) is 15.8. The summed E-state index contributed by atoms with van der Waals surface area (Å²) in [5.41, 5.74) is 1.01. The summed E-state index contributed by atoms with van der Waals surface area (Å²) in [6.07, 6.45) is 9.21. The summed E-state index contributed by atoms with van der Waals surface area (Å²) in [6, 6.07) is 5.82. The zero-order valence-electron chi connectivity index (χ0n) is 15.8. The van der Waals surface area contributed by atoms with E-state index in [2.05, 4.69) is 5.32 Å². The van der Waals surface area contributed by atoms with Crippen LogP contribution < -0.4 is 14.8 Å². The maximum absolute atomic E-state index is 12.1. The molecule has 5 heteroatoms. The van der Waals surface area contributed by atoms with E-state index in [0.29, 0.717) is 25.3 Å². The number of nitrogens with one attached hydrogen (secondary N) is 1. The van der Waals surface area contributed by atoms with Crippen LogP contribution in [0.1, 0.15) is 56.9 Å². The third kappa shape index (κ3) is 5.63. The summed E-state index contributed by atoms with van der Waals surface area (Å²) >= 11 is 0. The van der Waals surface area contributed by atoms with E-state index in [1.165, 1.54) is 25.7 Å². The smallest absolute Gasteiger partial charge is 0.220 e. The number of rotatable bonds is 9. The minimum Gasteiger partial charge on any atom is -0.493 e. The SMILES string of the molecule is COc1cc(CNC(=O)CCC2CCCC2)ccc1OC[C@H]1CCCO1. The maximum Gasteiger partial charge on any atom is 0.220 e. The third-order valence-corrected chi connectivity index (χ3v) is 5.42. The van der Waals surface area contributed by atoms with Gasteiger partial charge in [0, 0.05) is 19.6 Å². The van der Waals surface area contributed by atoms with Crippen LogP contribution in [0.25, 0.3) is 0 Å². The molecule has 3 rings (SSSR count). The average Bonchev–Trinajstić information content (AvgIpc) is 3.37. The predicted octanol–water partition coefficient (Wildman–Crippen LogP) is 3.84. The molecule has 1 amide bonds. The van der Waals surface area contributed by atoms with Crippen molar-refractivity contribution in [2.24, 2.45) is 5.92 Å². The van der Waals surface area contributed by atoms with Crippen molar-refractivity contribution in [1.82, 2.24) is 5.32 Å².